The van der Waals surface area contributed by atoms with Crippen LogP contribution in [0.1, 0.15) is 12.0 Å². The molecular weight excluding hydrogens is 270 g/mol. The molecule has 2 heterocycles. The Bertz CT molecular complexity index is 495. The highest BCUT2D eigenvalue weighted by Gasteiger charge is 2.39. The number of benzene rings is 1. The average molecular weight is 287 g/mol. The second-order valence-electron chi connectivity index (χ2n) is 5.61. The van der Waals surface area contributed by atoms with Gasteiger partial charge in [-0.05, 0) is 38.1 Å². The van der Waals surface area contributed by atoms with E-state index in [-0.39, 0.29) is 10.6 Å². The van der Waals surface area contributed by atoms with E-state index in [1.807, 2.05) is 0 Å². The topological polar surface area (TPSA) is 6.48 Å². The average Bonchev–Trinajstić information content (AvgIpc) is 2.92. The fraction of sp³-hybridized carbons (Fsp3) is 0.571. The smallest absolute Gasteiger partial charge is 0.149 e. The second kappa shape index (κ2) is 5.00. The number of rotatable bonds is 2. The molecule has 5 heteroatoms. The van der Waals surface area contributed by atoms with Crippen molar-refractivity contribution in [1.82, 2.24) is 9.80 Å². The number of fused-ring (bicyclic) bond motifs is 1. The molecule has 0 saturated carbocycles. The van der Waals surface area contributed by atoms with Gasteiger partial charge in [-0.25, -0.2) is 8.78 Å². The van der Waals surface area contributed by atoms with E-state index in [0.29, 0.717) is 18.5 Å². The third-order valence-corrected chi connectivity index (χ3v) is 4.71. The summed E-state index contributed by atoms with van der Waals surface area (Å²) in [6.07, 6.45) is 1.18. The highest BCUT2D eigenvalue weighted by Crippen LogP contribution is 2.32. The fourth-order valence-electron chi connectivity index (χ4n) is 3.33. The van der Waals surface area contributed by atoms with E-state index in [1.165, 1.54) is 18.6 Å². The van der Waals surface area contributed by atoms with Gasteiger partial charge in [0.15, 0.2) is 0 Å². The van der Waals surface area contributed by atoms with Crippen LogP contribution in [-0.4, -0.2) is 42.5 Å². The van der Waals surface area contributed by atoms with Gasteiger partial charge >= 0.3 is 0 Å². The lowest BCUT2D eigenvalue weighted by Crippen LogP contribution is -2.32. The van der Waals surface area contributed by atoms with Crippen LogP contribution in [0.2, 0.25) is 5.02 Å². The molecule has 0 spiro atoms. The van der Waals surface area contributed by atoms with Crippen LogP contribution in [0.5, 0.6) is 0 Å². The van der Waals surface area contributed by atoms with Crippen molar-refractivity contribution < 1.29 is 8.78 Å². The summed E-state index contributed by atoms with van der Waals surface area (Å²) < 4.78 is 27.6. The number of hydrogen-bond donors (Lipinski definition) is 0. The maximum Gasteiger partial charge on any atom is 0.149 e. The summed E-state index contributed by atoms with van der Waals surface area (Å²) in [5.41, 5.74) is 0.0927. The van der Waals surface area contributed by atoms with E-state index in [2.05, 4.69) is 16.8 Å². The molecule has 2 aliphatic heterocycles. The second-order valence-corrected chi connectivity index (χ2v) is 6.02. The predicted octanol–water partition coefficient (Wildman–Crippen LogP) is 2.75. The fourth-order valence-corrected chi connectivity index (χ4v) is 3.50. The molecule has 0 aliphatic carbocycles. The van der Waals surface area contributed by atoms with Crippen LogP contribution in [0.25, 0.3) is 0 Å². The van der Waals surface area contributed by atoms with Crippen molar-refractivity contribution in [2.75, 3.05) is 26.7 Å². The highest BCUT2D eigenvalue weighted by molar-refractivity contribution is 6.30. The van der Waals surface area contributed by atoms with Gasteiger partial charge in [-0.15, -0.1) is 0 Å². The van der Waals surface area contributed by atoms with Crippen LogP contribution < -0.4 is 0 Å². The zero-order valence-corrected chi connectivity index (χ0v) is 11.6. The molecule has 1 aromatic carbocycles. The SMILES string of the molecule is CN1CC[C@@H]2CN(Cc3c(F)ccc(Cl)c3F)C[C@@H]21. The van der Waals surface area contributed by atoms with Crippen molar-refractivity contribution in [2.24, 2.45) is 5.92 Å². The summed E-state index contributed by atoms with van der Waals surface area (Å²) in [7, 11) is 2.12. The van der Waals surface area contributed by atoms with Gasteiger partial charge < -0.3 is 4.90 Å². The van der Waals surface area contributed by atoms with Gasteiger partial charge in [0.1, 0.15) is 11.6 Å². The van der Waals surface area contributed by atoms with E-state index < -0.39 is 11.6 Å². The third-order valence-electron chi connectivity index (χ3n) is 4.42. The van der Waals surface area contributed by atoms with Crippen LogP contribution in [0, 0.1) is 17.6 Å². The van der Waals surface area contributed by atoms with Crippen molar-refractivity contribution in [1.29, 1.82) is 0 Å². The molecule has 0 radical (unpaired) electrons. The number of likely N-dealkylation sites (tertiary alicyclic amines) is 2. The van der Waals surface area contributed by atoms with E-state index in [0.717, 1.165) is 19.6 Å². The zero-order chi connectivity index (χ0) is 13.6. The molecule has 2 aliphatic rings. The maximum atomic E-state index is 13.9. The molecule has 19 heavy (non-hydrogen) atoms. The molecular formula is C14H17ClF2N2. The quantitative estimate of drug-likeness (QED) is 0.772. The summed E-state index contributed by atoms with van der Waals surface area (Å²) in [4.78, 5) is 4.47. The first-order valence-corrected chi connectivity index (χ1v) is 6.99. The van der Waals surface area contributed by atoms with E-state index in [1.54, 1.807) is 0 Å². The zero-order valence-electron chi connectivity index (χ0n) is 10.9. The Balaban J connectivity index is 1.75. The summed E-state index contributed by atoms with van der Waals surface area (Å²) in [5.74, 6) is -0.491. The van der Waals surface area contributed by atoms with E-state index >= 15 is 0 Å². The van der Waals surface area contributed by atoms with E-state index in [9.17, 15) is 8.78 Å². The summed E-state index contributed by atoms with van der Waals surface area (Å²) in [6, 6.07) is 3.04. The van der Waals surface area contributed by atoms with Gasteiger partial charge in [0.2, 0.25) is 0 Å². The van der Waals surface area contributed by atoms with Crippen LogP contribution in [0.4, 0.5) is 8.78 Å². The molecule has 2 nitrogen and oxygen atoms in total. The van der Waals surface area contributed by atoms with Gasteiger partial charge in [0.25, 0.3) is 0 Å². The van der Waals surface area contributed by atoms with Gasteiger partial charge in [-0.3, -0.25) is 4.90 Å². The van der Waals surface area contributed by atoms with Gasteiger partial charge in [-0.2, -0.15) is 0 Å². The Morgan fingerprint density at radius 2 is 2.11 bits per heavy atom. The lowest BCUT2D eigenvalue weighted by Gasteiger charge is -2.21. The first kappa shape index (κ1) is 13.3. The number of hydrogen-bond acceptors (Lipinski definition) is 2. The van der Waals surface area contributed by atoms with Gasteiger partial charge in [-0.1, -0.05) is 11.6 Å². The summed E-state index contributed by atoms with van der Waals surface area (Å²) in [5, 5.41) is -0.00657. The van der Waals surface area contributed by atoms with Crippen LogP contribution >= 0.6 is 11.6 Å². The summed E-state index contributed by atoms with van der Waals surface area (Å²) >= 11 is 5.72. The highest BCUT2D eigenvalue weighted by atomic mass is 35.5. The first-order chi connectivity index (χ1) is 9.06. The summed E-state index contributed by atoms with van der Waals surface area (Å²) in [6.45, 7) is 3.23. The predicted molar refractivity (Wildman–Crippen MR) is 71.2 cm³/mol. The largest absolute Gasteiger partial charge is 0.302 e. The van der Waals surface area contributed by atoms with Crippen molar-refractivity contribution in [3.8, 4) is 0 Å². The molecule has 3 rings (SSSR count). The van der Waals surface area contributed by atoms with Crippen molar-refractivity contribution >= 4 is 11.6 Å². The Kier molecular flexibility index (Phi) is 3.50. The molecule has 104 valence electrons. The van der Waals surface area contributed by atoms with Crippen LogP contribution in [0.3, 0.4) is 0 Å². The minimum absolute atomic E-state index is 0.00657. The number of nitrogens with zero attached hydrogens (tertiary/aromatic N) is 2. The Morgan fingerprint density at radius 3 is 2.84 bits per heavy atom. The van der Waals surface area contributed by atoms with Crippen LogP contribution in [-0.2, 0) is 6.54 Å². The molecule has 1 aromatic rings. The lowest BCUT2D eigenvalue weighted by molar-refractivity contribution is 0.251. The van der Waals surface area contributed by atoms with Crippen molar-refractivity contribution in [3.05, 3.63) is 34.4 Å². The van der Waals surface area contributed by atoms with Gasteiger partial charge in [0.05, 0.1) is 5.02 Å². The molecule has 2 atom stereocenters. The Morgan fingerprint density at radius 1 is 1.32 bits per heavy atom. The molecule has 0 N–H and O–H groups in total. The minimum Gasteiger partial charge on any atom is -0.302 e. The number of halogens is 3. The molecule has 0 bridgehead atoms. The minimum atomic E-state index is -0.618. The Hall–Kier alpha value is -0.710. The normalized spacial score (nSPS) is 28.0. The van der Waals surface area contributed by atoms with Gasteiger partial charge in [0, 0.05) is 31.2 Å². The standard InChI is InChI=1S/C14H17ClF2N2/c1-18-5-4-9-6-19(8-13(9)18)7-10-12(16)3-2-11(15)14(10)17/h2-3,9,13H,4-8H2,1H3/t9-,13+/m1/s1. The van der Waals surface area contributed by atoms with Crippen molar-refractivity contribution in [3.63, 3.8) is 0 Å². The lowest BCUT2D eigenvalue weighted by atomic mass is 10.1. The molecule has 2 saturated heterocycles. The maximum absolute atomic E-state index is 13.9. The van der Waals surface area contributed by atoms with Crippen molar-refractivity contribution in [2.45, 2.75) is 19.0 Å². The molecule has 0 unspecified atom stereocenters. The van der Waals surface area contributed by atoms with E-state index in [4.69, 9.17) is 11.6 Å². The Labute approximate surface area is 116 Å². The molecule has 0 aromatic heterocycles. The first-order valence-electron chi connectivity index (χ1n) is 6.61. The van der Waals surface area contributed by atoms with Crippen LogP contribution in [0.15, 0.2) is 12.1 Å². The molecule has 2 fully saturated rings. The monoisotopic (exact) mass is 286 g/mol. The molecule has 0 amide bonds. The number of likely N-dealkylation sites (N-methyl/N-ethyl adjacent to an activating group) is 1. The third kappa shape index (κ3) is 2.37.